The van der Waals surface area contributed by atoms with Gasteiger partial charge in [0.15, 0.2) is 0 Å². The SMILES string of the molecule is CCC1C(CCC2=Cc3ccccc3C2)=CC=C1c1ccccc1. The van der Waals surface area contributed by atoms with Gasteiger partial charge in [0.2, 0.25) is 0 Å². The second kappa shape index (κ2) is 6.65. The first-order valence-corrected chi connectivity index (χ1v) is 9.08. The van der Waals surface area contributed by atoms with Crippen LogP contribution < -0.4 is 0 Å². The zero-order valence-corrected chi connectivity index (χ0v) is 14.3. The fraction of sp³-hybridized carbons (Fsp3) is 0.250. The second-order valence-corrected chi connectivity index (χ2v) is 6.87. The lowest BCUT2D eigenvalue weighted by Gasteiger charge is -2.18. The Bertz CT molecular complexity index is 818. The van der Waals surface area contributed by atoms with Crippen molar-refractivity contribution in [1.82, 2.24) is 0 Å². The fourth-order valence-electron chi connectivity index (χ4n) is 4.11. The maximum Gasteiger partial charge on any atom is 0.00547 e. The van der Waals surface area contributed by atoms with Crippen molar-refractivity contribution in [3.63, 3.8) is 0 Å². The summed E-state index contributed by atoms with van der Waals surface area (Å²) in [6.07, 6.45) is 11.8. The topological polar surface area (TPSA) is 0 Å². The van der Waals surface area contributed by atoms with Crippen molar-refractivity contribution < 1.29 is 0 Å². The highest BCUT2D eigenvalue weighted by Gasteiger charge is 2.23. The summed E-state index contributed by atoms with van der Waals surface area (Å²) in [7, 11) is 0. The van der Waals surface area contributed by atoms with Crippen molar-refractivity contribution in [2.24, 2.45) is 5.92 Å². The molecular weight excluding hydrogens is 288 g/mol. The second-order valence-electron chi connectivity index (χ2n) is 6.87. The molecule has 24 heavy (non-hydrogen) atoms. The zero-order valence-electron chi connectivity index (χ0n) is 14.3. The van der Waals surface area contributed by atoms with Crippen molar-refractivity contribution in [2.45, 2.75) is 32.6 Å². The molecule has 0 radical (unpaired) electrons. The molecule has 0 amide bonds. The molecule has 120 valence electrons. The highest BCUT2D eigenvalue weighted by atomic mass is 14.3. The van der Waals surface area contributed by atoms with Crippen molar-refractivity contribution in [2.75, 3.05) is 0 Å². The molecule has 4 rings (SSSR count). The van der Waals surface area contributed by atoms with Crippen LogP contribution in [0.2, 0.25) is 0 Å². The van der Waals surface area contributed by atoms with Gasteiger partial charge in [0, 0.05) is 5.92 Å². The van der Waals surface area contributed by atoms with Crippen molar-refractivity contribution in [3.05, 3.63) is 94.6 Å². The Kier molecular flexibility index (Phi) is 4.21. The van der Waals surface area contributed by atoms with Gasteiger partial charge in [-0.25, -0.2) is 0 Å². The van der Waals surface area contributed by atoms with Crippen molar-refractivity contribution >= 4 is 11.6 Å². The van der Waals surface area contributed by atoms with Crippen molar-refractivity contribution in [1.29, 1.82) is 0 Å². The normalized spacial score (nSPS) is 18.9. The van der Waals surface area contributed by atoms with E-state index in [1.807, 2.05) is 0 Å². The molecule has 2 aromatic rings. The summed E-state index contributed by atoms with van der Waals surface area (Å²) in [4.78, 5) is 0. The molecule has 0 aliphatic heterocycles. The molecule has 0 aromatic heterocycles. The highest BCUT2D eigenvalue weighted by Crippen LogP contribution is 2.39. The fourth-order valence-corrected chi connectivity index (χ4v) is 4.11. The summed E-state index contributed by atoms with van der Waals surface area (Å²) in [5.41, 5.74) is 8.97. The van der Waals surface area contributed by atoms with E-state index in [0.29, 0.717) is 5.92 Å². The van der Waals surface area contributed by atoms with Crippen LogP contribution >= 0.6 is 0 Å². The van der Waals surface area contributed by atoms with E-state index in [0.717, 1.165) is 6.42 Å². The molecule has 0 bridgehead atoms. The monoisotopic (exact) mass is 312 g/mol. The Morgan fingerprint density at radius 1 is 0.875 bits per heavy atom. The Morgan fingerprint density at radius 3 is 2.46 bits per heavy atom. The number of hydrogen-bond donors (Lipinski definition) is 0. The van der Waals surface area contributed by atoms with Gasteiger partial charge in [-0.15, -0.1) is 0 Å². The number of allylic oxidation sites excluding steroid dienone is 5. The van der Waals surface area contributed by atoms with E-state index in [9.17, 15) is 0 Å². The smallest absolute Gasteiger partial charge is 0.00547 e. The molecule has 0 N–H and O–H groups in total. The van der Waals surface area contributed by atoms with Gasteiger partial charge >= 0.3 is 0 Å². The van der Waals surface area contributed by atoms with Crippen LogP contribution in [0.4, 0.5) is 0 Å². The third-order valence-corrected chi connectivity index (χ3v) is 5.38. The van der Waals surface area contributed by atoms with E-state index >= 15 is 0 Å². The van der Waals surface area contributed by atoms with Gasteiger partial charge < -0.3 is 0 Å². The summed E-state index contributed by atoms with van der Waals surface area (Å²) >= 11 is 0. The largest absolute Gasteiger partial charge is 0.0649 e. The lowest BCUT2D eigenvalue weighted by molar-refractivity contribution is 0.705. The van der Waals surface area contributed by atoms with Gasteiger partial charge in [-0.3, -0.25) is 0 Å². The molecule has 2 aromatic carbocycles. The Balaban J connectivity index is 1.42. The molecule has 0 fully saturated rings. The molecule has 0 saturated carbocycles. The first-order valence-electron chi connectivity index (χ1n) is 9.08. The Hall–Kier alpha value is -2.34. The van der Waals surface area contributed by atoms with Gasteiger partial charge in [-0.1, -0.05) is 90.9 Å². The molecule has 1 unspecified atom stereocenters. The molecule has 0 spiro atoms. The Morgan fingerprint density at radius 2 is 1.67 bits per heavy atom. The van der Waals surface area contributed by atoms with E-state index in [2.05, 4.69) is 79.7 Å². The summed E-state index contributed by atoms with van der Waals surface area (Å²) in [6, 6.07) is 19.6. The lowest BCUT2D eigenvalue weighted by atomic mass is 9.86. The Labute approximate surface area is 145 Å². The predicted octanol–water partition coefficient (Wildman–Crippen LogP) is 6.46. The standard InChI is InChI=1S/C24H24/c1-2-23-20(14-15-24(23)19-8-4-3-5-9-19)13-12-18-16-21-10-6-7-11-22(21)17-18/h3-11,14-16,23H,2,12-13,17H2,1H3. The number of fused-ring (bicyclic) bond motifs is 1. The molecule has 2 aliphatic rings. The minimum atomic E-state index is 0.594. The predicted molar refractivity (Wildman–Crippen MR) is 104 cm³/mol. The van der Waals surface area contributed by atoms with Gasteiger partial charge in [0.25, 0.3) is 0 Å². The summed E-state index contributed by atoms with van der Waals surface area (Å²) in [6.45, 7) is 2.31. The molecule has 1 atom stereocenters. The minimum Gasteiger partial charge on any atom is -0.0649 e. The van der Waals surface area contributed by atoms with Crippen LogP contribution in [0, 0.1) is 5.92 Å². The number of hydrogen-bond acceptors (Lipinski definition) is 0. The van der Waals surface area contributed by atoms with Crippen molar-refractivity contribution in [3.8, 4) is 0 Å². The van der Waals surface area contributed by atoms with Gasteiger partial charge in [0.1, 0.15) is 0 Å². The number of rotatable bonds is 5. The van der Waals surface area contributed by atoms with Crippen LogP contribution in [0.1, 0.15) is 42.9 Å². The van der Waals surface area contributed by atoms with E-state index < -0.39 is 0 Å². The lowest BCUT2D eigenvalue weighted by Crippen LogP contribution is -2.03. The van der Waals surface area contributed by atoms with E-state index in [1.54, 1.807) is 11.1 Å². The average Bonchev–Trinajstić information content (AvgIpc) is 3.23. The van der Waals surface area contributed by atoms with Gasteiger partial charge in [0.05, 0.1) is 0 Å². The van der Waals surface area contributed by atoms with Crippen LogP contribution in [0.15, 0.2) is 77.9 Å². The van der Waals surface area contributed by atoms with Crippen LogP contribution in [-0.4, -0.2) is 0 Å². The molecule has 2 aliphatic carbocycles. The quantitative estimate of drug-likeness (QED) is 0.594. The molecular formula is C24H24. The minimum absolute atomic E-state index is 0.594. The first kappa shape index (κ1) is 15.2. The maximum atomic E-state index is 2.40. The zero-order chi connectivity index (χ0) is 16.4. The average molecular weight is 312 g/mol. The maximum absolute atomic E-state index is 2.40. The van der Waals surface area contributed by atoms with E-state index in [4.69, 9.17) is 0 Å². The first-order chi connectivity index (χ1) is 11.8. The van der Waals surface area contributed by atoms with E-state index in [-0.39, 0.29) is 0 Å². The molecule has 0 nitrogen and oxygen atoms in total. The highest BCUT2D eigenvalue weighted by molar-refractivity contribution is 5.74. The third kappa shape index (κ3) is 2.89. The molecule has 0 heterocycles. The van der Waals surface area contributed by atoms with E-state index in [1.165, 1.54) is 41.5 Å². The summed E-state index contributed by atoms with van der Waals surface area (Å²) in [5, 5.41) is 0. The third-order valence-electron chi connectivity index (χ3n) is 5.38. The van der Waals surface area contributed by atoms with Gasteiger partial charge in [-0.05, 0) is 47.9 Å². The number of benzene rings is 2. The van der Waals surface area contributed by atoms with Crippen LogP contribution in [0.25, 0.3) is 11.6 Å². The molecule has 0 heteroatoms. The molecule has 0 saturated heterocycles. The summed E-state index contributed by atoms with van der Waals surface area (Å²) in [5.74, 6) is 0.594. The van der Waals surface area contributed by atoms with Crippen LogP contribution in [0.3, 0.4) is 0 Å². The summed E-state index contributed by atoms with van der Waals surface area (Å²) < 4.78 is 0. The van der Waals surface area contributed by atoms with Crippen LogP contribution in [-0.2, 0) is 6.42 Å². The van der Waals surface area contributed by atoms with Crippen LogP contribution in [0.5, 0.6) is 0 Å². The van der Waals surface area contributed by atoms with Gasteiger partial charge in [-0.2, -0.15) is 0 Å².